The Bertz CT molecular complexity index is 1280. The molecule has 2 aromatic rings. The van der Waals surface area contributed by atoms with Gasteiger partial charge < -0.3 is 15.1 Å². The highest BCUT2D eigenvalue weighted by Gasteiger charge is 2.39. The molecule has 4 aliphatic rings. The number of amides is 2. The van der Waals surface area contributed by atoms with Crippen LogP contribution in [0.3, 0.4) is 0 Å². The fourth-order valence-electron chi connectivity index (χ4n) is 7.45. The van der Waals surface area contributed by atoms with Gasteiger partial charge in [-0.3, -0.25) is 24.0 Å². The van der Waals surface area contributed by atoms with E-state index in [1.54, 1.807) is 16.2 Å². The number of nitrogens with one attached hydrogen (secondary N) is 2. The van der Waals surface area contributed by atoms with E-state index in [0.29, 0.717) is 31.8 Å². The quantitative estimate of drug-likeness (QED) is 0.565. The van der Waals surface area contributed by atoms with Gasteiger partial charge >= 0.3 is 5.69 Å². The lowest BCUT2D eigenvalue weighted by molar-refractivity contribution is -0.135. The molecule has 6 rings (SSSR count). The van der Waals surface area contributed by atoms with Gasteiger partial charge in [0.15, 0.2) is 0 Å². The number of rotatable bonds is 5. The van der Waals surface area contributed by atoms with Gasteiger partial charge in [-0.25, -0.2) is 9.18 Å². The van der Waals surface area contributed by atoms with Crippen molar-refractivity contribution in [2.75, 3.05) is 45.8 Å². The molecule has 39 heavy (non-hydrogen) atoms. The van der Waals surface area contributed by atoms with Crippen molar-refractivity contribution >= 4 is 22.8 Å². The normalized spacial score (nSPS) is 26.3. The molecular formula is C29H41FN6O3. The Hall–Kier alpha value is -2.56. The number of imidazole rings is 1. The SMILES string of the molecule is Cn1c(=O)n(C2CCC(=O)NC2=O)c2cccc(C3CCN(CC4(F)CCN(C5CCNCC5)CC4)CC3)c21. The highest BCUT2D eigenvalue weighted by molar-refractivity contribution is 6.00. The van der Waals surface area contributed by atoms with Crippen molar-refractivity contribution in [1.29, 1.82) is 0 Å². The molecule has 9 nitrogen and oxygen atoms in total. The van der Waals surface area contributed by atoms with Crippen molar-refractivity contribution in [3.8, 4) is 0 Å². The summed E-state index contributed by atoms with van der Waals surface area (Å²) < 4.78 is 19.1. The number of aryl methyl sites for hydroxylation is 1. The van der Waals surface area contributed by atoms with Gasteiger partial charge in [-0.2, -0.15) is 0 Å². The van der Waals surface area contributed by atoms with Gasteiger partial charge in [0.25, 0.3) is 0 Å². The molecule has 0 bridgehead atoms. The molecule has 5 heterocycles. The van der Waals surface area contributed by atoms with E-state index >= 15 is 4.39 Å². The largest absolute Gasteiger partial charge is 0.329 e. The second kappa shape index (κ2) is 10.8. The maximum absolute atomic E-state index is 15.9. The second-order valence-electron chi connectivity index (χ2n) is 12.1. The third-order valence-electron chi connectivity index (χ3n) is 9.71. The Morgan fingerprint density at radius 1 is 0.974 bits per heavy atom. The zero-order chi connectivity index (χ0) is 27.1. The number of aromatic nitrogens is 2. The summed E-state index contributed by atoms with van der Waals surface area (Å²) in [7, 11) is 1.76. The van der Waals surface area contributed by atoms with Gasteiger partial charge in [0.05, 0.1) is 11.0 Å². The molecule has 0 aliphatic carbocycles. The highest BCUT2D eigenvalue weighted by atomic mass is 19.1. The summed E-state index contributed by atoms with van der Waals surface area (Å²) in [5, 5.41) is 5.80. The van der Waals surface area contributed by atoms with Gasteiger partial charge in [-0.15, -0.1) is 0 Å². The van der Waals surface area contributed by atoms with Gasteiger partial charge in [-0.05, 0) is 88.7 Å². The van der Waals surface area contributed by atoms with Crippen molar-refractivity contribution in [3.05, 3.63) is 34.2 Å². The standard InChI is InChI=1S/C29H41FN6O3/c1-33-26-22(3-2-4-23(26)36(28(33)39)24-5-6-25(37)32-27(24)38)20-9-15-34(16-10-20)19-29(30)11-17-35(18-12-29)21-7-13-31-14-8-21/h2-4,20-21,24,31H,5-19H2,1H3,(H,32,37,38). The zero-order valence-electron chi connectivity index (χ0n) is 23.0. The summed E-state index contributed by atoms with van der Waals surface area (Å²) in [6.45, 7) is 6.05. The van der Waals surface area contributed by atoms with Crippen LogP contribution in [0.25, 0.3) is 11.0 Å². The van der Waals surface area contributed by atoms with E-state index in [0.717, 1.165) is 68.7 Å². The predicted octanol–water partition coefficient (Wildman–Crippen LogP) is 2.05. The van der Waals surface area contributed by atoms with E-state index in [-0.39, 0.29) is 23.9 Å². The third-order valence-corrected chi connectivity index (χ3v) is 9.71. The van der Waals surface area contributed by atoms with E-state index in [9.17, 15) is 14.4 Å². The van der Waals surface area contributed by atoms with Gasteiger partial charge in [0.1, 0.15) is 11.7 Å². The maximum atomic E-state index is 15.9. The number of likely N-dealkylation sites (tertiary alicyclic amines) is 2. The smallest absolute Gasteiger partial charge is 0.317 e. The summed E-state index contributed by atoms with van der Waals surface area (Å²) in [6.07, 6.45) is 5.95. The number of carbonyl (C=O) groups is 2. The molecule has 1 aromatic heterocycles. The van der Waals surface area contributed by atoms with Crippen molar-refractivity contribution in [3.63, 3.8) is 0 Å². The van der Waals surface area contributed by atoms with Crippen molar-refractivity contribution in [2.24, 2.45) is 7.05 Å². The van der Waals surface area contributed by atoms with E-state index in [2.05, 4.69) is 26.5 Å². The predicted molar refractivity (Wildman–Crippen MR) is 148 cm³/mol. The number of nitrogens with zero attached hydrogens (tertiary/aromatic N) is 4. The third kappa shape index (κ3) is 5.18. The minimum absolute atomic E-state index is 0.226. The number of piperidine rings is 4. The summed E-state index contributed by atoms with van der Waals surface area (Å²) in [6, 6.07) is 5.86. The van der Waals surface area contributed by atoms with Crippen LogP contribution in [0.1, 0.15) is 68.9 Å². The Morgan fingerprint density at radius 3 is 2.38 bits per heavy atom. The monoisotopic (exact) mass is 540 g/mol. The molecule has 4 aliphatic heterocycles. The average molecular weight is 541 g/mol. The maximum Gasteiger partial charge on any atom is 0.329 e. The van der Waals surface area contributed by atoms with E-state index in [4.69, 9.17) is 0 Å². The first kappa shape index (κ1) is 26.7. The number of fused-ring (bicyclic) bond motifs is 1. The van der Waals surface area contributed by atoms with Crippen LogP contribution in [0.2, 0.25) is 0 Å². The zero-order valence-corrected chi connectivity index (χ0v) is 23.0. The van der Waals surface area contributed by atoms with Gasteiger partial charge in [0, 0.05) is 39.1 Å². The van der Waals surface area contributed by atoms with Crippen LogP contribution in [0.15, 0.2) is 23.0 Å². The lowest BCUT2D eigenvalue weighted by Crippen LogP contribution is -2.53. The lowest BCUT2D eigenvalue weighted by atomic mass is 9.86. The number of alkyl halides is 1. The Labute approximate surface area is 228 Å². The molecular weight excluding hydrogens is 499 g/mol. The van der Waals surface area contributed by atoms with Crippen LogP contribution < -0.4 is 16.3 Å². The van der Waals surface area contributed by atoms with Crippen molar-refractivity contribution in [2.45, 2.75) is 75.0 Å². The second-order valence-corrected chi connectivity index (χ2v) is 12.1. The molecule has 4 fully saturated rings. The molecule has 0 saturated carbocycles. The number of benzene rings is 1. The molecule has 4 saturated heterocycles. The lowest BCUT2D eigenvalue weighted by Gasteiger charge is -2.44. The molecule has 2 amide bonds. The van der Waals surface area contributed by atoms with Crippen LogP contribution in [0, 0.1) is 0 Å². The first-order chi connectivity index (χ1) is 18.8. The minimum atomic E-state index is -1.11. The highest BCUT2D eigenvalue weighted by Crippen LogP contribution is 2.36. The van der Waals surface area contributed by atoms with Crippen molar-refractivity contribution in [1.82, 2.24) is 29.6 Å². The number of hydrogen-bond donors (Lipinski definition) is 2. The van der Waals surface area contributed by atoms with Crippen molar-refractivity contribution < 1.29 is 14.0 Å². The summed E-state index contributed by atoms with van der Waals surface area (Å²) in [5.41, 5.74) is 1.36. The van der Waals surface area contributed by atoms with Crippen LogP contribution in [-0.4, -0.2) is 88.3 Å². The summed E-state index contributed by atoms with van der Waals surface area (Å²) in [5.74, 6) is -0.439. The topological polar surface area (TPSA) is 91.6 Å². The Kier molecular flexibility index (Phi) is 7.37. The number of carbonyl (C=O) groups excluding carboxylic acids is 2. The minimum Gasteiger partial charge on any atom is -0.317 e. The van der Waals surface area contributed by atoms with Gasteiger partial charge in [0.2, 0.25) is 11.8 Å². The Morgan fingerprint density at radius 2 is 1.69 bits per heavy atom. The van der Waals surface area contributed by atoms with Crippen LogP contribution in [-0.2, 0) is 16.6 Å². The van der Waals surface area contributed by atoms with Gasteiger partial charge in [-0.1, -0.05) is 12.1 Å². The first-order valence-electron chi connectivity index (χ1n) is 14.7. The van der Waals surface area contributed by atoms with E-state index in [1.807, 2.05) is 12.1 Å². The molecule has 1 atom stereocenters. The number of imide groups is 1. The molecule has 0 spiro atoms. The summed E-state index contributed by atoms with van der Waals surface area (Å²) >= 11 is 0. The van der Waals surface area contributed by atoms with Crippen LogP contribution in [0.4, 0.5) is 4.39 Å². The van der Waals surface area contributed by atoms with Crippen LogP contribution in [0.5, 0.6) is 0 Å². The fourth-order valence-corrected chi connectivity index (χ4v) is 7.45. The molecule has 10 heteroatoms. The average Bonchev–Trinajstić information content (AvgIpc) is 3.20. The molecule has 1 aromatic carbocycles. The number of para-hydroxylation sites is 1. The molecule has 212 valence electrons. The van der Waals surface area contributed by atoms with Crippen LogP contribution >= 0.6 is 0 Å². The number of halogens is 1. The van der Waals surface area contributed by atoms with E-state index < -0.39 is 17.6 Å². The Balaban J connectivity index is 1.12. The fraction of sp³-hybridized carbons (Fsp3) is 0.690. The summed E-state index contributed by atoms with van der Waals surface area (Å²) in [4.78, 5) is 42.3. The first-order valence-corrected chi connectivity index (χ1v) is 14.7. The molecule has 0 radical (unpaired) electrons. The molecule has 1 unspecified atom stereocenters. The molecule has 2 N–H and O–H groups in total. The number of hydrogen-bond acceptors (Lipinski definition) is 6. The van der Waals surface area contributed by atoms with E-state index in [1.165, 1.54) is 12.8 Å².